The van der Waals surface area contributed by atoms with E-state index in [0.717, 1.165) is 5.56 Å². The zero-order valence-corrected chi connectivity index (χ0v) is 10.3. The van der Waals surface area contributed by atoms with E-state index in [-0.39, 0.29) is 6.10 Å². The molecule has 0 heterocycles. The molecule has 0 N–H and O–H groups in total. The minimum Gasteiger partial charge on any atom is -0.496 e. The van der Waals surface area contributed by atoms with Gasteiger partial charge in [-0.2, -0.15) is 0 Å². The summed E-state index contributed by atoms with van der Waals surface area (Å²) >= 11 is 0. The summed E-state index contributed by atoms with van der Waals surface area (Å²) in [7, 11) is 1.48. The van der Waals surface area contributed by atoms with Crippen LogP contribution in [-0.2, 0) is 0 Å². The van der Waals surface area contributed by atoms with Gasteiger partial charge in [0, 0.05) is 10.9 Å². The second-order valence-electron chi connectivity index (χ2n) is 4.28. The van der Waals surface area contributed by atoms with Crippen molar-refractivity contribution in [2.24, 2.45) is 0 Å². The van der Waals surface area contributed by atoms with Gasteiger partial charge in [-0.3, -0.25) is 9.59 Å². The Bertz CT molecular complexity index is 645. The molecule has 0 amide bonds. The number of rotatable bonds is 3. The van der Waals surface area contributed by atoms with Gasteiger partial charge in [-0.05, 0) is 26.8 Å². The van der Waals surface area contributed by atoms with Crippen LogP contribution in [0.25, 0.3) is 10.8 Å². The van der Waals surface area contributed by atoms with Gasteiger partial charge in [0.1, 0.15) is 11.5 Å². The Morgan fingerprint density at radius 1 is 1.18 bits per heavy atom. The second-order valence-corrected chi connectivity index (χ2v) is 4.28. The van der Waals surface area contributed by atoms with Crippen molar-refractivity contribution in [2.45, 2.75) is 26.9 Å². The molecule has 0 aliphatic heterocycles. The van der Waals surface area contributed by atoms with E-state index in [9.17, 15) is 9.59 Å². The first-order chi connectivity index (χ1) is 7.97. The van der Waals surface area contributed by atoms with Crippen molar-refractivity contribution >= 4 is 10.8 Å². The molecule has 0 aliphatic rings. The molecule has 0 aliphatic carbocycles. The van der Waals surface area contributed by atoms with Crippen LogP contribution in [-0.4, -0.2) is 13.2 Å². The van der Waals surface area contributed by atoms with Crippen LogP contribution in [0.15, 0.2) is 15.7 Å². The van der Waals surface area contributed by atoms with Crippen LogP contribution in [0.2, 0.25) is 0 Å². The number of hydrogen-bond donors (Lipinski definition) is 0. The fraction of sp³-hybridized carbons (Fsp3) is 0.385. The first-order valence-electron chi connectivity index (χ1n) is 5.44. The molecular weight excluding hydrogens is 220 g/mol. The Kier molecular flexibility index (Phi) is 2.65. The van der Waals surface area contributed by atoms with Crippen molar-refractivity contribution in [3.63, 3.8) is 0 Å². The van der Waals surface area contributed by atoms with Gasteiger partial charge >= 0.3 is 0 Å². The van der Waals surface area contributed by atoms with E-state index in [1.165, 1.54) is 7.11 Å². The third-order valence-electron chi connectivity index (χ3n) is 2.73. The number of ether oxygens (including phenoxy) is 2. The first-order valence-corrected chi connectivity index (χ1v) is 5.44. The summed E-state index contributed by atoms with van der Waals surface area (Å²) in [5.74, 6) is 1.04. The van der Waals surface area contributed by atoms with Crippen molar-refractivity contribution in [1.82, 2.24) is 0 Å². The Morgan fingerprint density at radius 2 is 1.82 bits per heavy atom. The third kappa shape index (κ3) is 1.60. The highest BCUT2D eigenvalue weighted by atomic mass is 16.5. The van der Waals surface area contributed by atoms with Gasteiger partial charge in [0.05, 0.1) is 18.6 Å². The van der Waals surface area contributed by atoms with Crippen molar-refractivity contribution in [3.8, 4) is 11.5 Å². The highest BCUT2D eigenvalue weighted by Gasteiger charge is 2.22. The lowest BCUT2D eigenvalue weighted by molar-refractivity contribution is 0.240. The number of benzene rings is 1. The van der Waals surface area contributed by atoms with E-state index < -0.39 is 10.9 Å². The van der Waals surface area contributed by atoms with Crippen LogP contribution in [0.5, 0.6) is 11.5 Å². The highest BCUT2D eigenvalue weighted by molar-refractivity contribution is 5.95. The molecule has 90 valence electrons. The SMILES string of the molecule is COc1c(C)c(OC(C)C)cc2c(=O)c(=O)c12. The molecule has 4 heteroatoms. The summed E-state index contributed by atoms with van der Waals surface area (Å²) in [6.45, 7) is 5.61. The molecular formula is C13H14O4. The molecule has 0 radical (unpaired) electrons. The summed E-state index contributed by atoms with van der Waals surface area (Å²) in [5, 5.41) is 0.777. The van der Waals surface area contributed by atoms with Gasteiger partial charge in [0.25, 0.3) is 0 Å². The van der Waals surface area contributed by atoms with Crippen molar-refractivity contribution in [3.05, 3.63) is 32.1 Å². The zero-order valence-electron chi connectivity index (χ0n) is 10.3. The normalized spacial score (nSPS) is 11.4. The monoisotopic (exact) mass is 234 g/mol. The van der Waals surface area contributed by atoms with E-state index in [0.29, 0.717) is 22.3 Å². The lowest BCUT2D eigenvalue weighted by atomic mass is 10.00. The largest absolute Gasteiger partial charge is 0.496 e. The van der Waals surface area contributed by atoms with Crippen LogP contribution in [0.3, 0.4) is 0 Å². The number of hydrogen-bond acceptors (Lipinski definition) is 4. The van der Waals surface area contributed by atoms with E-state index in [4.69, 9.17) is 9.47 Å². The maximum Gasteiger partial charge on any atom is 0.238 e. The van der Waals surface area contributed by atoms with Crippen molar-refractivity contribution < 1.29 is 9.47 Å². The summed E-state index contributed by atoms with van der Waals surface area (Å²) in [6.07, 6.45) is 0.00216. The quantitative estimate of drug-likeness (QED) is 0.756. The molecule has 4 nitrogen and oxygen atoms in total. The maximum absolute atomic E-state index is 11.4. The van der Waals surface area contributed by atoms with Crippen LogP contribution in [0.4, 0.5) is 0 Å². The van der Waals surface area contributed by atoms with Crippen LogP contribution in [0.1, 0.15) is 19.4 Å². The summed E-state index contributed by atoms with van der Waals surface area (Å²) in [5.41, 5.74) is -0.191. The molecule has 2 rings (SSSR count). The highest BCUT2D eigenvalue weighted by Crippen LogP contribution is 2.34. The molecule has 0 unspecified atom stereocenters. The minimum absolute atomic E-state index is 0.00216. The predicted octanol–water partition coefficient (Wildman–Crippen LogP) is 1.54. The van der Waals surface area contributed by atoms with Gasteiger partial charge < -0.3 is 9.47 Å². The fourth-order valence-corrected chi connectivity index (χ4v) is 1.94. The Balaban J connectivity index is 2.72. The smallest absolute Gasteiger partial charge is 0.238 e. The molecule has 0 fully saturated rings. The van der Waals surface area contributed by atoms with E-state index in [1.807, 2.05) is 20.8 Å². The molecule has 0 spiro atoms. The van der Waals surface area contributed by atoms with Crippen molar-refractivity contribution in [2.75, 3.05) is 7.11 Å². The average molecular weight is 234 g/mol. The molecule has 17 heavy (non-hydrogen) atoms. The molecule has 0 bridgehead atoms. The van der Waals surface area contributed by atoms with E-state index in [2.05, 4.69) is 0 Å². The molecule has 0 saturated heterocycles. The van der Waals surface area contributed by atoms with E-state index in [1.54, 1.807) is 6.07 Å². The zero-order chi connectivity index (χ0) is 12.7. The molecule has 2 aromatic rings. The van der Waals surface area contributed by atoms with Crippen LogP contribution >= 0.6 is 0 Å². The summed E-state index contributed by atoms with van der Waals surface area (Å²) < 4.78 is 10.8. The van der Waals surface area contributed by atoms with Crippen LogP contribution in [0, 0.1) is 6.92 Å². The first kappa shape index (κ1) is 11.6. The average Bonchev–Trinajstić information content (AvgIpc) is 2.29. The van der Waals surface area contributed by atoms with E-state index >= 15 is 0 Å². The van der Waals surface area contributed by atoms with Crippen LogP contribution < -0.4 is 20.3 Å². The number of methoxy groups -OCH3 is 1. The van der Waals surface area contributed by atoms with Gasteiger partial charge in [-0.15, -0.1) is 0 Å². The Hall–Kier alpha value is -1.84. The molecule has 0 atom stereocenters. The maximum atomic E-state index is 11.4. The van der Waals surface area contributed by atoms with Crippen molar-refractivity contribution in [1.29, 1.82) is 0 Å². The standard InChI is InChI=1S/C13H14O4/c1-6(2)17-9-5-8-10(12(15)11(8)14)13(16-4)7(9)3/h5-6H,1-4H3. The third-order valence-corrected chi connectivity index (χ3v) is 2.73. The predicted molar refractivity (Wildman–Crippen MR) is 65.9 cm³/mol. The lowest BCUT2D eigenvalue weighted by Crippen LogP contribution is -2.31. The summed E-state index contributed by atoms with van der Waals surface area (Å²) in [6, 6.07) is 1.62. The molecule has 0 saturated carbocycles. The second kappa shape index (κ2) is 3.87. The van der Waals surface area contributed by atoms with Gasteiger partial charge in [0.2, 0.25) is 10.9 Å². The van der Waals surface area contributed by atoms with Gasteiger partial charge in [-0.1, -0.05) is 0 Å². The fourth-order valence-electron chi connectivity index (χ4n) is 1.94. The Labute approximate surface area is 98.5 Å². The topological polar surface area (TPSA) is 52.6 Å². The Morgan fingerprint density at radius 3 is 2.35 bits per heavy atom. The van der Waals surface area contributed by atoms with Gasteiger partial charge in [0.15, 0.2) is 0 Å². The van der Waals surface area contributed by atoms with Gasteiger partial charge in [-0.25, -0.2) is 0 Å². The number of fused-ring (bicyclic) bond motifs is 1. The molecule has 0 aromatic heterocycles. The molecule has 2 aromatic carbocycles. The minimum atomic E-state index is -0.476. The summed E-state index contributed by atoms with van der Waals surface area (Å²) in [4.78, 5) is 22.9. The lowest BCUT2D eigenvalue weighted by Gasteiger charge is -2.17.